The standard InChI is InChI=1S/C23H28N2O6/c1-28-20-10-9-17(13-18(20)22(26)30-3)25-12-11-19(21(14-25)29-2)24-23(27)31-15-16-7-5-4-6-8-16/h4-10,13,19,21H,11-12,14-15H2,1-3H3,(H,24,27). The van der Waals surface area contributed by atoms with Crippen LogP contribution in [0.4, 0.5) is 10.5 Å². The largest absolute Gasteiger partial charge is 0.496 e. The number of esters is 1. The number of nitrogens with zero attached hydrogens (tertiary/aromatic N) is 1. The molecule has 1 saturated heterocycles. The van der Waals surface area contributed by atoms with Gasteiger partial charge in [-0.25, -0.2) is 9.59 Å². The molecule has 2 atom stereocenters. The molecule has 0 bridgehead atoms. The number of amides is 1. The van der Waals surface area contributed by atoms with Crippen LogP contribution in [-0.2, 0) is 20.8 Å². The molecule has 0 radical (unpaired) electrons. The smallest absolute Gasteiger partial charge is 0.407 e. The van der Waals surface area contributed by atoms with Crippen LogP contribution in [0.1, 0.15) is 22.3 Å². The van der Waals surface area contributed by atoms with Gasteiger partial charge in [0.2, 0.25) is 0 Å². The van der Waals surface area contributed by atoms with Crippen LogP contribution >= 0.6 is 0 Å². The van der Waals surface area contributed by atoms with Crippen molar-refractivity contribution in [2.75, 3.05) is 39.3 Å². The van der Waals surface area contributed by atoms with Crippen molar-refractivity contribution >= 4 is 17.7 Å². The Morgan fingerprint density at radius 3 is 2.55 bits per heavy atom. The lowest BCUT2D eigenvalue weighted by atomic mass is 10.0. The minimum atomic E-state index is -0.471. The lowest BCUT2D eigenvalue weighted by molar-refractivity contribution is 0.0545. The first-order valence-electron chi connectivity index (χ1n) is 10.1. The molecule has 1 fully saturated rings. The Kier molecular flexibility index (Phi) is 7.72. The molecule has 3 rings (SSSR count). The zero-order chi connectivity index (χ0) is 22.2. The van der Waals surface area contributed by atoms with E-state index >= 15 is 0 Å². The zero-order valence-corrected chi connectivity index (χ0v) is 18.0. The average molecular weight is 428 g/mol. The molecule has 0 aliphatic carbocycles. The molecular weight excluding hydrogens is 400 g/mol. The maximum Gasteiger partial charge on any atom is 0.407 e. The molecule has 0 spiro atoms. The van der Waals surface area contributed by atoms with Crippen molar-refractivity contribution < 1.29 is 28.5 Å². The number of carbonyl (C=O) groups is 2. The monoisotopic (exact) mass is 428 g/mol. The van der Waals surface area contributed by atoms with Gasteiger partial charge >= 0.3 is 12.1 Å². The summed E-state index contributed by atoms with van der Waals surface area (Å²) in [5.74, 6) is -0.00342. The van der Waals surface area contributed by atoms with Gasteiger partial charge in [0.25, 0.3) is 0 Å². The number of piperidine rings is 1. The first kappa shape index (κ1) is 22.4. The van der Waals surface area contributed by atoms with E-state index in [1.807, 2.05) is 36.4 Å². The van der Waals surface area contributed by atoms with Crippen LogP contribution in [0.25, 0.3) is 0 Å². The highest BCUT2D eigenvalue weighted by Gasteiger charge is 2.31. The van der Waals surface area contributed by atoms with E-state index in [0.717, 1.165) is 11.3 Å². The third-order valence-corrected chi connectivity index (χ3v) is 5.33. The normalized spacial score (nSPS) is 18.2. The van der Waals surface area contributed by atoms with Crippen molar-refractivity contribution in [3.63, 3.8) is 0 Å². The van der Waals surface area contributed by atoms with Crippen molar-refractivity contribution in [3.05, 3.63) is 59.7 Å². The van der Waals surface area contributed by atoms with E-state index in [0.29, 0.717) is 30.8 Å². The molecule has 1 heterocycles. The Labute approximate surface area is 182 Å². The predicted octanol–water partition coefficient (Wildman–Crippen LogP) is 3.00. The quantitative estimate of drug-likeness (QED) is 0.679. The third-order valence-electron chi connectivity index (χ3n) is 5.33. The first-order chi connectivity index (χ1) is 15.0. The van der Waals surface area contributed by atoms with Crippen LogP contribution in [-0.4, -0.2) is 58.6 Å². The van der Waals surface area contributed by atoms with Gasteiger partial charge in [0, 0.05) is 25.9 Å². The van der Waals surface area contributed by atoms with E-state index in [1.54, 1.807) is 19.2 Å². The number of anilines is 1. The molecule has 1 aliphatic rings. The fraction of sp³-hybridized carbons (Fsp3) is 0.391. The summed E-state index contributed by atoms with van der Waals surface area (Å²) in [6.45, 7) is 1.44. The zero-order valence-electron chi connectivity index (χ0n) is 18.0. The van der Waals surface area contributed by atoms with Gasteiger partial charge in [-0.2, -0.15) is 0 Å². The Morgan fingerprint density at radius 1 is 1.10 bits per heavy atom. The minimum absolute atomic E-state index is 0.178. The van der Waals surface area contributed by atoms with Crippen molar-refractivity contribution in [2.45, 2.75) is 25.2 Å². The number of carbonyl (C=O) groups excluding carboxylic acids is 2. The van der Waals surface area contributed by atoms with E-state index in [2.05, 4.69) is 10.2 Å². The Morgan fingerprint density at radius 2 is 1.87 bits per heavy atom. The lowest BCUT2D eigenvalue weighted by Gasteiger charge is -2.39. The Hall–Kier alpha value is -3.26. The summed E-state index contributed by atoms with van der Waals surface area (Å²) in [4.78, 5) is 26.4. The third kappa shape index (κ3) is 5.67. The summed E-state index contributed by atoms with van der Waals surface area (Å²) in [6.07, 6.45) is -0.0399. The Balaban J connectivity index is 1.61. The van der Waals surface area contributed by atoms with Crippen molar-refractivity contribution in [1.29, 1.82) is 0 Å². The van der Waals surface area contributed by atoms with E-state index < -0.39 is 12.1 Å². The predicted molar refractivity (Wildman–Crippen MR) is 116 cm³/mol. The minimum Gasteiger partial charge on any atom is -0.496 e. The van der Waals surface area contributed by atoms with Gasteiger partial charge in [0.1, 0.15) is 17.9 Å². The van der Waals surface area contributed by atoms with Crippen molar-refractivity contribution in [2.24, 2.45) is 0 Å². The summed E-state index contributed by atoms with van der Waals surface area (Å²) in [5, 5.41) is 2.91. The van der Waals surface area contributed by atoms with Gasteiger partial charge in [-0.3, -0.25) is 0 Å². The number of alkyl carbamates (subject to hydrolysis) is 1. The molecule has 1 aliphatic heterocycles. The fourth-order valence-corrected chi connectivity index (χ4v) is 3.63. The second kappa shape index (κ2) is 10.7. The molecule has 8 heteroatoms. The molecule has 8 nitrogen and oxygen atoms in total. The van der Waals surface area contributed by atoms with Crippen molar-refractivity contribution in [3.8, 4) is 5.75 Å². The maximum atomic E-state index is 12.3. The summed E-state index contributed by atoms with van der Waals surface area (Å²) >= 11 is 0. The van der Waals surface area contributed by atoms with Gasteiger partial charge in [-0.1, -0.05) is 30.3 Å². The van der Waals surface area contributed by atoms with Crippen LogP contribution in [0.2, 0.25) is 0 Å². The van der Waals surface area contributed by atoms with Gasteiger partial charge in [0.15, 0.2) is 0 Å². The second-order valence-corrected chi connectivity index (χ2v) is 7.20. The molecule has 1 N–H and O–H groups in total. The van der Waals surface area contributed by atoms with Gasteiger partial charge in [-0.15, -0.1) is 0 Å². The van der Waals surface area contributed by atoms with Crippen LogP contribution in [0, 0.1) is 0 Å². The molecule has 31 heavy (non-hydrogen) atoms. The fourth-order valence-electron chi connectivity index (χ4n) is 3.63. The van der Waals surface area contributed by atoms with E-state index in [9.17, 15) is 9.59 Å². The number of benzene rings is 2. The van der Waals surface area contributed by atoms with E-state index in [1.165, 1.54) is 14.2 Å². The first-order valence-corrected chi connectivity index (χ1v) is 10.1. The number of rotatable bonds is 7. The highest BCUT2D eigenvalue weighted by Crippen LogP contribution is 2.28. The highest BCUT2D eigenvalue weighted by molar-refractivity contribution is 5.93. The molecule has 0 aromatic heterocycles. The topological polar surface area (TPSA) is 86.3 Å². The molecule has 166 valence electrons. The number of ether oxygens (including phenoxy) is 4. The SMILES string of the molecule is COC(=O)c1cc(N2CCC(NC(=O)OCc3ccccc3)C(OC)C2)ccc1OC. The molecule has 1 amide bonds. The highest BCUT2D eigenvalue weighted by atomic mass is 16.5. The van der Waals surface area contributed by atoms with Crippen LogP contribution < -0.4 is 15.0 Å². The molecule has 2 unspecified atom stereocenters. The summed E-state index contributed by atoms with van der Waals surface area (Å²) in [6, 6.07) is 14.7. The van der Waals surface area contributed by atoms with Gasteiger partial charge < -0.3 is 29.2 Å². The lowest BCUT2D eigenvalue weighted by Crippen LogP contribution is -2.55. The molecule has 0 saturated carbocycles. The molecule has 2 aromatic rings. The van der Waals surface area contributed by atoms with Crippen molar-refractivity contribution in [1.82, 2.24) is 5.32 Å². The number of hydrogen-bond acceptors (Lipinski definition) is 7. The number of hydrogen-bond donors (Lipinski definition) is 1. The second-order valence-electron chi connectivity index (χ2n) is 7.20. The van der Waals surface area contributed by atoms with E-state index in [4.69, 9.17) is 18.9 Å². The van der Waals surface area contributed by atoms with E-state index in [-0.39, 0.29) is 18.8 Å². The maximum absolute atomic E-state index is 12.3. The summed E-state index contributed by atoms with van der Waals surface area (Å²) in [5.41, 5.74) is 2.14. The molecular formula is C23H28N2O6. The molecule has 2 aromatic carbocycles. The summed E-state index contributed by atoms with van der Waals surface area (Å²) < 4.78 is 21.1. The number of nitrogens with one attached hydrogen (secondary N) is 1. The van der Waals surface area contributed by atoms with Crippen LogP contribution in [0.3, 0.4) is 0 Å². The van der Waals surface area contributed by atoms with Crippen LogP contribution in [0.5, 0.6) is 5.75 Å². The van der Waals surface area contributed by atoms with Gasteiger partial charge in [0.05, 0.1) is 26.4 Å². The Bertz CT molecular complexity index is 889. The average Bonchev–Trinajstić information content (AvgIpc) is 2.82. The number of methoxy groups -OCH3 is 3. The van der Waals surface area contributed by atoms with Crippen LogP contribution in [0.15, 0.2) is 48.5 Å². The summed E-state index contributed by atoms with van der Waals surface area (Å²) in [7, 11) is 4.46. The van der Waals surface area contributed by atoms with Gasteiger partial charge in [-0.05, 0) is 30.2 Å².